The number of hydrogen-bond donors (Lipinski definition) is 0. The molecule has 0 heterocycles. The van der Waals surface area contributed by atoms with Gasteiger partial charge in [0, 0.05) is 0 Å². The van der Waals surface area contributed by atoms with Gasteiger partial charge in [-0.3, -0.25) is 0 Å². The van der Waals surface area contributed by atoms with Crippen molar-refractivity contribution >= 4 is 0 Å². The molecule has 142 valence electrons. The highest BCUT2D eigenvalue weighted by atomic mass is 14.3. The summed E-state index contributed by atoms with van der Waals surface area (Å²) >= 11 is 0. The van der Waals surface area contributed by atoms with Crippen LogP contribution in [0.2, 0.25) is 0 Å². The number of hydrogen-bond acceptors (Lipinski definition) is 0. The molecule has 0 aromatic rings. The van der Waals surface area contributed by atoms with Gasteiger partial charge in [-0.05, 0) is 37.2 Å². The summed E-state index contributed by atoms with van der Waals surface area (Å²) in [6.07, 6.45) is 38.1. The molecule has 0 unspecified atom stereocenters. The molecule has 0 N–H and O–H groups in total. The minimum atomic E-state index is 0.310. The van der Waals surface area contributed by atoms with E-state index in [-0.39, 0.29) is 0 Å². The molecule has 0 heteroatoms. The van der Waals surface area contributed by atoms with Crippen LogP contribution in [0.25, 0.3) is 0 Å². The van der Waals surface area contributed by atoms with Crippen molar-refractivity contribution in [2.45, 2.75) is 40.0 Å². The second-order valence-electron chi connectivity index (χ2n) is 7.22. The minimum absolute atomic E-state index is 0.310. The molecule has 0 bridgehead atoms. The molecule has 27 heavy (non-hydrogen) atoms. The maximum absolute atomic E-state index is 3.62. The summed E-state index contributed by atoms with van der Waals surface area (Å²) in [5, 5.41) is 0. The summed E-state index contributed by atoms with van der Waals surface area (Å²) in [5.74, 6) is 0. The van der Waals surface area contributed by atoms with E-state index in [0.29, 0.717) is 5.41 Å². The van der Waals surface area contributed by atoms with Crippen LogP contribution in [-0.4, -0.2) is 0 Å². The molecule has 0 atom stereocenters. The highest BCUT2D eigenvalue weighted by Gasteiger charge is 2.26. The van der Waals surface area contributed by atoms with Crippen LogP contribution in [0.1, 0.15) is 40.0 Å². The fraction of sp³-hybridized carbons (Fsp3) is 0.259. The molecule has 0 saturated carbocycles. The lowest BCUT2D eigenvalue weighted by Gasteiger charge is -2.32. The molecule has 0 amide bonds. The Labute approximate surface area is 166 Å². The molecule has 0 saturated heterocycles. The average Bonchev–Trinajstić information content (AvgIpc) is 2.63. The van der Waals surface area contributed by atoms with Gasteiger partial charge in [-0.15, -0.1) is 0 Å². The fourth-order valence-corrected chi connectivity index (χ4v) is 3.07. The second-order valence-corrected chi connectivity index (χ2v) is 7.22. The molecule has 0 aromatic heterocycles. The first-order valence-corrected chi connectivity index (χ1v) is 9.74. The summed E-state index contributed by atoms with van der Waals surface area (Å²) in [4.78, 5) is 0. The van der Waals surface area contributed by atoms with E-state index in [9.17, 15) is 0 Å². The topological polar surface area (TPSA) is 0 Å². The largest absolute Gasteiger partial charge is 0.0991 e. The Morgan fingerprint density at radius 3 is 1.48 bits per heavy atom. The molecule has 0 spiro atoms. The molecule has 0 nitrogen and oxygen atoms in total. The molecule has 0 fully saturated rings. The monoisotopic (exact) mass is 358 g/mol. The summed E-state index contributed by atoms with van der Waals surface area (Å²) in [6, 6.07) is 0. The molecular formula is C27H34. The molecule has 0 aromatic carbocycles. The van der Waals surface area contributed by atoms with Gasteiger partial charge in [-0.2, -0.15) is 0 Å². The van der Waals surface area contributed by atoms with Gasteiger partial charge in [-0.1, -0.05) is 129 Å². The maximum Gasteiger partial charge on any atom is -0.0104 e. The third-order valence-electron chi connectivity index (χ3n) is 4.50. The van der Waals surface area contributed by atoms with Crippen LogP contribution in [-0.2, 0) is 0 Å². The zero-order valence-corrected chi connectivity index (χ0v) is 17.1. The van der Waals surface area contributed by atoms with E-state index in [4.69, 9.17) is 0 Å². The zero-order valence-electron chi connectivity index (χ0n) is 17.1. The Bertz CT molecular complexity index is 707. The molecule has 0 radical (unpaired) electrons. The first-order chi connectivity index (χ1) is 13.1. The van der Waals surface area contributed by atoms with Crippen LogP contribution >= 0.6 is 0 Å². The number of allylic oxidation sites excluding steroid dienone is 19. The predicted molar refractivity (Wildman–Crippen MR) is 124 cm³/mol. The average molecular weight is 359 g/mol. The summed E-state index contributed by atoms with van der Waals surface area (Å²) in [5.41, 5.74) is 3.36. The first-order valence-electron chi connectivity index (χ1n) is 9.74. The smallest absolute Gasteiger partial charge is 0.0104 e. The molecule has 1 aliphatic carbocycles. The van der Waals surface area contributed by atoms with Gasteiger partial charge in [0.2, 0.25) is 0 Å². The highest BCUT2D eigenvalue weighted by molar-refractivity contribution is 5.34. The van der Waals surface area contributed by atoms with Crippen molar-refractivity contribution in [3.8, 4) is 0 Å². The van der Waals surface area contributed by atoms with E-state index >= 15 is 0 Å². The Kier molecular flexibility index (Phi) is 11.3. The zero-order chi connectivity index (χ0) is 19.8. The summed E-state index contributed by atoms with van der Waals surface area (Å²) in [6.45, 7) is 10.6. The first kappa shape index (κ1) is 22.4. The van der Waals surface area contributed by atoms with Gasteiger partial charge in [0.05, 0.1) is 0 Å². The Hall–Kier alpha value is -2.60. The van der Waals surface area contributed by atoms with E-state index < -0.39 is 0 Å². The number of rotatable bonds is 9. The lowest BCUT2D eigenvalue weighted by molar-refractivity contribution is 0.377. The molecular weight excluding hydrogens is 324 g/mol. The van der Waals surface area contributed by atoms with E-state index in [1.165, 1.54) is 24.8 Å². The van der Waals surface area contributed by atoms with E-state index in [1.807, 2.05) is 72.9 Å². The lowest BCUT2D eigenvalue weighted by Crippen LogP contribution is -2.18. The molecule has 1 rings (SSSR count). The van der Waals surface area contributed by atoms with Crippen molar-refractivity contribution in [1.29, 1.82) is 0 Å². The van der Waals surface area contributed by atoms with Crippen molar-refractivity contribution in [2.24, 2.45) is 5.41 Å². The highest BCUT2D eigenvalue weighted by Crippen LogP contribution is 2.40. The van der Waals surface area contributed by atoms with Crippen LogP contribution in [0.5, 0.6) is 0 Å². The van der Waals surface area contributed by atoms with Crippen LogP contribution < -0.4 is 0 Å². The van der Waals surface area contributed by atoms with Gasteiger partial charge in [0.15, 0.2) is 0 Å². The SMILES string of the molecule is C=CC=CC=CC=CC=CC=CC=CC=CC=CC1=C(C)CCCC1(C)C. The third kappa shape index (κ3) is 10.2. The van der Waals surface area contributed by atoms with Gasteiger partial charge >= 0.3 is 0 Å². The quantitative estimate of drug-likeness (QED) is 0.365. The van der Waals surface area contributed by atoms with Crippen molar-refractivity contribution in [1.82, 2.24) is 0 Å². The second kappa shape index (κ2) is 13.6. The lowest BCUT2D eigenvalue weighted by atomic mass is 9.73. The fourth-order valence-electron chi connectivity index (χ4n) is 3.07. The Morgan fingerprint density at radius 1 is 0.667 bits per heavy atom. The van der Waals surface area contributed by atoms with Crippen molar-refractivity contribution in [3.05, 3.63) is 121 Å². The molecule has 1 aliphatic rings. The summed E-state index contributed by atoms with van der Waals surface area (Å²) < 4.78 is 0. The van der Waals surface area contributed by atoms with E-state index in [0.717, 1.165) is 0 Å². The van der Waals surface area contributed by atoms with Crippen molar-refractivity contribution in [2.75, 3.05) is 0 Å². The van der Waals surface area contributed by atoms with Crippen molar-refractivity contribution in [3.63, 3.8) is 0 Å². The van der Waals surface area contributed by atoms with E-state index in [2.05, 4.69) is 51.7 Å². The normalized spacial score (nSPS) is 19.1. The standard InChI is InChI=1S/C27H34/c1-5-6-7-8-9-10-11-12-13-14-15-16-17-18-19-20-23-26-25(2)22-21-24-27(26,3)4/h5-20,23H,1,21-22,24H2,2-4H3. The molecule has 0 aliphatic heterocycles. The predicted octanol–water partition coefficient (Wildman–Crippen LogP) is 8.15. The third-order valence-corrected chi connectivity index (χ3v) is 4.50. The van der Waals surface area contributed by atoms with Gasteiger partial charge < -0.3 is 0 Å². The van der Waals surface area contributed by atoms with Gasteiger partial charge in [-0.25, -0.2) is 0 Å². The van der Waals surface area contributed by atoms with Crippen LogP contribution in [0.15, 0.2) is 121 Å². The van der Waals surface area contributed by atoms with Crippen LogP contribution in [0.3, 0.4) is 0 Å². The maximum atomic E-state index is 3.62. The minimum Gasteiger partial charge on any atom is -0.0991 e. The Balaban J connectivity index is 2.36. The van der Waals surface area contributed by atoms with Crippen LogP contribution in [0.4, 0.5) is 0 Å². The Morgan fingerprint density at radius 2 is 1.07 bits per heavy atom. The van der Waals surface area contributed by atoms with E-state index in [1.54, 1.807) is 11.6 Å². The van der Waals surface area contributed by atoms with Crippen LogP contribution in [0, 0.1) is 5.41 Å². The summed E-state index contributed by atoms with van der Waals surface area (Å²) in [7, 11) is 0. The van der Waals surface area contributed by atoms with Crippen molar-refractivity contribution < 1.29 is 0 Å². The van der Waals surface area contributed by atoms with Gasteiger partial charge in [0.25, 0.3) is 0 Å². The van der Waals surface area contributed by atoms with Gasteiger partial charge in [0.1, 0.15) is 0 Å².